The van der Waals surface area contributed by atoms with Crippen molar-refractivity contribution >= 4 is 10.9 Å². The smallest absolute Gasteiger partial charge is 0.279 e. The van der Waals surface area contributed by atoms with Gasteiger partial charge in [0.25, 0.3) is 5.56 Å². The van der Waals surface area contributed by atoms with Gasteiger partial charge < -0.3 is 10.6 Å². The van der Waals surface area contributed by atoms with Gasteiger partial charge in [0, 0.05) is 5.92 Å². The third kappa shape index (κ3) is 2.13. The summed E-state index contributed by atoms with van der Waals surface area (Å²) in [7, 11) is 1.58. The molecule has 0 aliphatic heterocycles. The molecule has 0 radical (unpaired) electrons. The highest BCUT2D eigenvalue weighted by atomic mass is 16.5. The fourth-order valence-corrected chi connectivity index (χ4v) is 2.97. The first-order valence-electron chi connectivity index (χ1n) is 7.06. The zero-order valence-corrected chi connectivity index (χ0v) is 11.6. The van der Waals surface area contributed by atoms with Gasteiger partial charge in [-0.05, 0) is 31.0 Å². The summed E-state index contributed by atoms with van der Waals surface area (Å²) >= 11 is 0. The van der Waals surface area contributed by atoms with Crippen LogP contribution in [0.5, 0.6) is 5.75 Å². The molecule has 106 valence electrons. The van der Waals surface area contributed by atoms with Gasteiger partial charge in [0.15, 0.2) is 0 Å². The maximum atomic E-state index is 12.4. The van der Waals surface area contributed by atoms with Crippen molar-refractivity contribution in [3.8, 4) is 5.75 Å². The van der Waals surface area contributed by atoms with Crippen LogP contribution in [0.1, 0.15) is 43.8 Å². The van der Waals surface area contributed by atoms with Gasteiger partial charge in [-0.1, -0.05) is 19.3 Å². The molecule has 2 aromatic rings. The van der Waals surface area contributed by atoms with E-state index < -0.39 is 0 Å². The van der Waals surface area contributed by atoms with Gasteiger partial charge >= 0.3 is 0 Å². The lowest BCUT2D eigenvalue weighted by atomic mass is 9.88. The van der Waals surface area contributed by atoms with E-state index in [0.29, 0.717) is 28.4 Å². The molecule has 1 aliphatic carbocycles. The van der Waals surface area contributed by atoms with Gasteiger partial charge in [0.1, 0.15) is 11.6 Å². The molecule has 0 atom stereocenters. The monoisotopic (exact) mass is 273 g/mol. The summed E-state index contributed by atoms with van der Waals surface area (Å²) in [5.74, 6) is 7.63. The Labute approximate surface area is 117 Å². The first kappa shape index (κ1) is 13.0. The van der Waals surface area contributed by atoms with Crippen LogP contribution in [0, 0.1) is 0 Å². The average Bonchev–Trinajstić information content (AvgIpc) is 2.51. The number of nitrogens with two attached hydrogens (primary N) is 1. The first-order valence-corrected chi connectivity index (χ1v) is 7.06. The van der Waals surface area contributed by atoms with Crippen LogP contribution in [0.4, 0.5) is 0 Å². The molecule has 0 saturated heterocycles. The largest absolute Gasteiger partial charge is 0.497 e. The highest BCUT2D eigenvalue weighted by Gasteiger charge is 2.21. The number of fused-ring (bicyclic) bond motifs is 1. The number of hydrogen-bond donors (Lipinski definition) is 1. The van der Waals surface area contributed by atoms with Crippen molar-refractivity contribution in [2.45, 2.75) is 38.0 Å². The Kier molecular flexibility index (Phi) is 3.34. The quantitative estimate of drug-likeness (QED) is 0.851. The molecule has 20 heavy (non-hydrogen) atoms. The molecule has 1 fully saturated rings. The van der Waals surface area contributed by atoms with Crippen LogP contribution in [0.25, 0.3) is 10.9 Å². The Bertz CT molecular complexity index is 687. The van der Waals surface area contributed by atoms with E-state index in [1.807, 2.05) is 12.1 Å². The van der Waals surface area contributed by atoms with E-state index in [1.165, 1.54) is 23.9 Å². The Morgan fingerprint density at radius 1 is 1.30 bits per heavy atom. The van der Waals surface area contributed by atoms with Crippen molar-refractivity contribution in [1.82, 2.24) is 9.66 Å². The molecule has 0 unspecified atom stereocenters. The summed E-state index contributed by atoms with van der Waals surface area (Å²) in [5.41, 5.74) is 0.493. The highest BCUT2D eigenvalue weighted by molar-refractivity contribution is 5.79. The lowest BCUT2D eigenvalue weighted by Gasteiger charge is -2.22. The molecule has 1 aromatic heterocycles. The molecule has 0 amide bonds. The minimum Gasteiger partial charge on any atom is -0.497 e. The van der Waals surface area contributed by atoms with E-state index in [2.05, 4.69) is 4.98 Å². The molecule has 1 aromatic carbocycles. The summed E-state index contributed by atoms with van der Waals surface area (Å²) < 4.78 is 6.37. The lowest BCUT2D eigenvalue weighted by molar-refractivity contribution is 0.414. The normalized spacial score (nSPS) is 16.4. The SMILES string of the molecule is COc1ccc2nc(C3CCCCC3)n(N)c(=O)c2c1. The predicted octanol–water partition coefficient (Wildman–Crippen LogP) is 2.17. The van der Waals surface area contributed by atoms with E-state index in [9.17, 15) is 4.79 Å². The third-order valence-electron chi connectivity index (χ3n) is 4.11. The second-order valence-electron chi connectivity index (χ2n) is 5.36. The highest BCUT2D eigenvalue weighted by Crippen LogP contribution is 2.31. The summed E-state index contributed by atoms with van der Waals surface area (Å²) in [5, 5.41) is 0.506. The number of hydrogen-bond acceptors (Lipinski definition) is 4. The molecular weight excluding hydrogens is 254 g/mol. The number of nitrogen functional groups attached to an aromatic ring is 1. The van der Waals surface area contributed by atoms with Gasteiger partial charge in [0.2, 0.25) is 0 Å². The Balaban J connectivity index is 2.15. The van der Waals surface area contributed by atoms with Gasteiger partial charge in [-0.3, -0.25) is 4.79 Å². The van der Waals surface area contributed by atoms with Crippen LogP contribution in [-0.4, -0.2) is 16.8 Å². The van der Waals surface area contributed by atoms with Crippen LogP contribution in [0.3, 0.4) is 0 Å². The molecule has 2 N–H and O–H groups in total. The van der Waals surface area contributed by atoms with Crippen LogP contribution < -0.4 is 16.1 Å². The fourth-order valence-electron chi connectivity index (χ4n) is 2.97. The molecule has 1 aliphatic rings. The van der Waals surface area contributed by atoms with Crippen molar-refractivity contribution in [2.75, 3.05) is 13.0 Å². The Hall–Kier alpha value is -2.04. The van der Waals surface area contributed by atoms with Gasteiger partial charge in [0.05, 0.1) is 18.0 Å². The Morgan fingerprint density at radius 2 is 2.05 bits per heavy atom. The fraction of sp³-hybridized carbons (Fsp3) is 0.467. The van der Waals surface area contributed by atoms with Crippen molar-refractivity contribution in [3.63, 3.8) is 0 Å². The summed E-state index contributed by atoms with van der Waals surface area (Å²) in [4.78, 5) is 17.0. The predicted molar refractivity (Wildman–Crippen MR) is 78.5 cm³/mol. The van der Waals surface area contributed by atoms with Crippen molar-refractivity contribution in [3.05, 3.63) is 34.4 Å². The summed E-state index contributed by atoms with van der Waals surface area (Å²) in [6.07, 6.45) is 5.75. The number of nitrogens with zero attached hydrogens (tertiary/aromatic N) is 2. The second kappa shape index (κ2) is 5.15. The number of aromatic nitrogens is 2. The van der Waals surface area contributed by atoms with Crippen molar-refractivity contribution in [1.29, 1.82) is 0 Å². The zero-order chi connectivity index (χ0) is 14.1. The van der Waals surface area contributed by atoms with E-state index in [1.54, 1.807) is 13.2 Å². The number of benzene rings is 1. The number of ether oxygens (including phenoxy) is 1. The number of methoxy groups -OCH3 is 1. The van der Waals surface area contributed by atoms with Crippen molar-refractivity contribution in [2.24, 2.45) is 0 Å². The molecular formula is C15H19N3O2. The zero-order valence-electron chi connectivity index (χ0n) is 11.6. The Morgan fingerprint density at radius 3 is 2.75 bits per heavy atom. The summed E-state index contributed by atoms with van der Waals surface area (Å²) in [6.45, 7) is 0. The third-order valence-corrected chi connectivity index (χ3v) is 4.11. The molecule has 3 rings (SSSR count). The summed E-state index contributed by atoms with van der Waals surface area (Å²) in [6, 6.07) is 5.33. The van der Waals surface area contributed by atoms with E-state index in [-0.39, 0.29) is 5.56 Å². The minimum atomic E-state index is -0.200. The lowest BCUT2D eigenvalue weighted by Crippen LogP contribution is -2.33. The minimum absolute atomic E-state index is 0.200. The first-order chi connectivity index (χ1) is 9.70. The van der Waals surface area contributed by atoms with E-state index >= 15 is 0 Å². The topological polar surface area (TPSA) is 70.1 Å². The molecule has 0 bridgehead atoms. The van der Waals surface area contributed by atoms with E-state index in [0.717, 1.165) is 12.8 Å². The van der Waals surface area contributed by atoms with Crippen LogP contribution in [0.2, 0.25) is 0 Å². The molecule has 5 heteroatoms. The van der Waals surface area contributed by atoms with Crippen molar-refractivity contribution < 1.29 is 4.74 Å². The van der Waals surface area contributed by atoms with E-state index in [4.69, 9.17) is 10.6 Å². The van der Waals surface area contributed by atoms with Crippen LogP contribution >= 0.6 is 0 Å². The average molecular weight is 273 g/mol. The van der Waals surface area contributed by atoms with Gasteiger partial charge in [-0.15, -0.1) is 0 Å². The molecule has 1 saturated carbocycles. The second-order valence-corrected chi connectivity index (χ2v) is 5.36. The van der Waals surface area contributed by atoms with Gasteiger partial charge in [-0.25, -0.2) is 9.66 Å². The molecule has 1 heterocycles. The number of rotatable bonds is 2. The standard InChI is InChI=1S/C15H19N3O2/c1-20-11-7-8-13-12(9-11)15(19)18(16)14(17-13)10-5-3-2-4-6-10/h7-10H,2-6,16H2,1H3. The maximum absolute atomic E-state index is 12.4. The molecule has 0 spiro atoms. The van der Waals surface area contributed by atoms with Crippen LogP contribution in [0.15, 0.2) is 23.0 Å². The molecule has 5 nitrogen and oxygen atoms in total. The maximum Gasteiger partial charge on any atom is 0.279 e. The van der Waals surface area contributed by atoms with Crippen LogP contribution in [-0.2, 0) is 0 Å². The van der Waals surface area contributed by atoms with Gasteiger partial charge in [-0.2, -0.15) is 0 Å².